The van der Waals surface area contributed by atoms with Gasteiger partial charge in [0.15, 0.2) is 23.0 Å². The molecule has 14 nitrogen and oxygen atoms in total. The molecule has 0 heterocycles. The van der Waals surface area contributed by atoms with E-state index in [2.05, 4.69) is 10.6 Å². The molecule has 0 aliphatic heterocycles. The standard InChI is InChI=1S/C18H21NO6S.C17H19NO6S.Ba/c1-3-25-16-10-4-13(12-17(16)24-2)5-11-18(20)19-14-6-8-15(9-7-14)26(21,22)23;1-3-24-15-9-4-12(10-16(15)23-2)11-17(19)18-13-5-7-14(8-6-13)25(20,21)22;/h4,6-10,12H,3,5,11H2,1-2H3,(H,19,20)(H,21,22,23);4-10H,3,11H2,1-2H3,(H,18,19)(H,20,21,22);/q;;+2/p-2. The van der Waals surface area contributed by atoms with Gasteiger partial charge in [0.2, 0.25) is 11.8 Å². The molecule has 4 rings (SSSR count). The summed E-state index contributed by atoms with van der Waals surface area (Å²) in [4.78, 5) is 23.5. The summed E-state index contributed by atoms with van der Waals surface area (Å²) in [5.41, 5.74) is 2.48. The topological polar surface area (TPSA) is 210 Å². The summed E-state index contributed by atoms with van der Waals surface area (Å²) < 4.78 is 86.7. The fourth-order valence-electron chi connectivity index (χ4n) is 4.52. The zero-order chi connectivity index (χ0) is 37.6. The van der Waals surface area contributed by atoms with E-state index in [0.717, 1.165) is 35.4 Å². The molecule has 2 amide bonds. The smallest absolute Gasteiger partial charge is 0.744 e. The van der Waals surface area contributed by atoms with Crippen molar-refractivity contribution >= 4 is 92.3 Å². The molecule has 17 heteroatoms. The molecule has 0 aliphatic carbocycles. The quantitative estimate of drug-likeness (QED) is 0.126. The average Bonchev–Trinajstić information content (AvgIpc) is 3.08. The van der Waals surface area contributed by atoms with Gasteiger partial charge in [-0.15, -0.1) is 0 Å². The zero-order valence-electron chi connectivity index (χ0n) is 29.0. The number of anilines is 2. The Morgan fingerprint density at radius 2 is 1.00 bits per heavy atom. The maximum absolute atomic E-state index is 12.1. The third-order valence-corrected chi connectivity index (χ3v) is 8.61. The molecule has 274 valence electrons. The Kier molecular flexibility index (Phi) is 18.2. The van der Waals surface area contributed by atoms with Crippen LogP contribution >= 0.6 is 0 Å². The van der Waals surface area contributed by atoms with E-state index in [0.29, 0.717) is 54.0 Å². The van der Waals surface area contributed by atoms with Crippen LogP contribution < -0.4 is 29.6 Å². The van der Waals surface area contributed by atoms with E-state index in [-0.39, 0.29) is 83.3 Å². The van der Waals surface area contributed by atoms with Crippen LogP contribution in [0.4, 0.5) is 11.4 Å². The second-order valence-electron chi connectivity index (χ2n) is 10.6. The van der Waals surface area contributed by atoms with Gasteiger partial charge in [-0.25, -0.2) is 16.8 Å². The number of carbonyl (C=O) groups excluding carboxylic acids is 2. The van der Waals surface area contributed by atoms with Gasteiger partial charge in [0.1, 0.15) is 20.2 Å². The van der Waals surface area contributed by atoms with Crippen LogP contribution in [0.5, 0.6) is 23.0 Å². The summed E-state index contributed by atoms with van der Waals surface area (Å²) in [6.07, 6.45) is 0.838. The van der Waals surface area contributed by atoms with E-state index in [1.54, 1.807) is 31.4 Å². The molecule has 2 N–H and O–H groups in total. The molecule has 4 aromatic rings. The molecule has 52 heavy (non-hydrogen) atoms. The SMILES string of the molecule is CCOc1ccc(CC(=O)Nc2ccc(S(=O)(=O)[O-])cc2)cc1OC.CCOc1ccc(CCC(=O)Nc2ccc(S(=O)(=O)[O-])cc2)cc1OC.[Ba+2]. The maximum atomic E-state index is 12.1. The summed E-state index contributed by atoms with van der Waals surface area (Å²) in [7, 11) is -5.92. The van der Waals surface area contributed by atoms with E-state index in [1.807, 2.05) is 26.0 Å². The second kappa shape index (κ2) is 21.2. The van der Waals surface area contributed by atoms with Crippen LogP contribution in [0.2, 0.25) is 0 Å². The zero-order valence-corrected chi connectivity index (χ0v) is 35.1. The van der Waals surface area contributed by atoms with Crippen LogP contribution in [-0.4, -0.2) is 114 Å². The van der Waals surface area contributed by atoms with Crippen molar-refractivity contribution in [2.45, 2.75) is 42.9 Å². The minimum absolute atomic E-state index is 0. The van der Waals surface area contributed by atoms with Gasteiger partial charge in [0.25, 0.3) is 0 Å². The monoisotopic (exact) mass is 880 g/mol. The predicted octanol–water partition coefficient (Wildman–Crippen LogP) is 4.37. The van der Waals surface area contributed by atoms with Crippen molar-refractivity contribution in [1.29, 1.82) is 0 Å². The third kappa shape index (κ3) is 14.4. The van der Waals surface area contributed by atoms with Crippen molar-refractivity contribution < 1.29 is 54.5 Å². The van der Waals surface area contributed by atoms with Crippen molar-refractivity contribution in [2.24, 2.45) is 0 Å². The summed E-state index contributed by atoms with van der Waals surface area (Å²) in [6, 6.07) is 20.8. The number of carbonyl (C=O) groups is 2. The maximum Gasteiger partial charge on any atom is 2.00 e. The van der Waals surface area contributed by atoms with Gasteiger partial charge in [0.05, 0.1) is 43.6 Å². The minimum atomic E-state index is -4.50. The van der Waals surface area contributed by atoms with Gasteiger partial charge in [-0.3, -0.25) is 9.59 Å². The number of ether oxygens (including phenoxy) is 4. The molecule has 0 saturated carbocycles. The van der Waals surface area contributed by atoms with Crippen molar-refractivity contribution in [1.82, 2.24) is 0 Å². The number of nitrogens with one attached hydrogen (secondary N) is 2. The normalized spacial score (nSPS) is 10.8. The summed E-state index contributed by atoms with van der Waals surface area (Å²) in [6.45, 7) is 4.79. The van der Waals surface area contributed by atoms with Gasteiger partial charge >= 0.3 is 48.9 Å². The number of rotatable bonds is 15. The minimum Gasteiger partial charge on any atom is -0.744 e. The van der Waals surface area contributed by atoms with Crippen LogP contribution in [0, 0.1) is 0 Å². The molecule has 0 atom stereocenters. The van der Waals surface area contributed by atoms with Crippen LogP contribution in [0.3, 0.4) is 0 Å². The Bertz CT molecular complexity index is 2010. The fraction of sp³-hybridized carbons (Fsp3) is 0.257. The molecule has 0 saturated heterocycles. The van der Waals surface area contributed by atoms with E-state index < -0.39 is 20.2 Å². The molecule has 0 radical (unpaired) electrons. The molecule has 0 bridgehead atoms. The number of hydrogen-bond acceptors (Lipinski definition) is 12. The molecule has 4 aromatic carbocycles. The Hall–Kier alpha value is -3.59. The van der Waals surface area contributed by atoms with E-state index in [1.165, 1.54) is 31.4 Å². The van der Waals surface area contributed by atoms with E-state index in [9.17, 15) is 35.5 Å². The Balaban J connectivity index is 0.000000354. The number of hydrogen-bond donors (Lipinski definition) is 2. The molecule has 0 aliphatic rings. The Morgan fingerprint density at radius 1 is 0.596 bits per heavy atom. The first-order valence-corrected chi connectivity index (χ1v) is 18.3. The summed E-state index contributed by atoms with van der Waals surface area (Å²) >= 11 is 0. The first-order valence-electron chi connectivity index (χ1n) is 15.5. The Labute approximate surface area is 343 Å². The van der Waals surface area contributed by atoms with E-state index >= 15 is 0 Å². The van der Waals surface area contributed by atoms with Gasteiger partial charge in [-0.1, -0.05) is 12.1 Å². The van der Waals surface area contributed by atoms with Gasteiger partial charge in [-0.2, -0.15) is 0 Å². The van der Waals surface area contributed by atoms with Crippen molar-refractivity contribution in [3.63, 3.8) is 0 Å². The van der Waals surface area contributed by atoms with Crippen molar-refractivity contribution in [2.75, 3.05) is 38.1 Å². The van der Waals surface area contributed by atoms with E-state index in [4.69, 9.17) is 18.9 Å². The van der Waals surface area contributed by atoms with Gasteiger partial charge in [0, 0.05) is 17.8 Å². The molecular formula is C35H38BaN2O12S2. The van der Waals surface area contributed by atoms with Gasteiger partial charge in [-0.05, 0) is 104 Å². The van der Waals surface area contributed by atoms with Crippen LogP contribution in [0.15, 0.2) is 94.7 Å². The van der Waals surface area contributed by atoms with Crippen LogP contribution in [0.1, 0.15) is 31.4 Å². The number of methoxy groups -OCH3 is 2. The summed E-state index contributed by atoms with van der Waals surface area (Å²) in [5.74, 6) is 1.89. The second-order valence-corrected chi connectivity index (χ2v) is 13.3. The van der Waals surface area contributed by atoms with Crippen molar-refractivity contribution in [3.05, 3.63) is 96.1 Å². The number of aryl methyl sites for hydroxylation is 1. The summed E-state index contributed by atoms with van der Waals surface area (Å²) in [5, 5.41) is 5.30. The largest absolute Gasteiger partial charge is 2.00 e. The number of amides is 2. The molecule has 0 aromatic heterocycles. The third-order valence-electron chi connectivity index (χ3n) is 6.91. The fourth-order valence-corrected chi connectivity index (χ4v) is 5.46. The van der Waals surface area contributed by atoms with Crippen LogP contribution in [-0.2, 0) is 42.7 Å². The van der Waals surface area contributed by atoms with Crippen molar-refractivity contribution in [3.8, 4) is 23.0 Å². The molecular weight excluding hydrogens is 842 g/mol. The Morgan fingerprint density at radius 3 is 1.40 bits per heavy atom. The predicted molar refractivity (Wildman–Crippen MR) is 192 cm³/mol. The first-order chi connectivity index (χ1) is 24.2. The molecule has 0 unspecified atom stereocenters. The number of benzene rings is 4. The molecule has 0 fully saturated rings. The first kappa shape index (κ1) is 44.6. The van der Waals surface area contributed by atoms with Gasteiger partial charge < -0.3 is 38.7 Å². The van der Waals surface area contributed by atoms with Crippen LogP contribution in [0.25, 0.3) is 0 Å². The average molecular weight is 880 g/mol. The molecule has 0 spiro atoms.